The van der Waals surface area contributed by atoms with Gasteiger partial charge in [0.2, 0.25) is 5.91 Å². The third kappa shape index (κ3) is 4.68. The van der Waals surface area contributed by atoms with Crippen LogP contribution < -0.4 is 10.1 Å². The Morgan fingerprint density at radius 3 is 2.50 bits per heavy atom. The van der Waals surface area contributed by atoms with Crippen molar-refractivity contribution in [3.8, 4) is 5.75 Å². The van der Waals surface area contributed by atoms with E-state index in [-0.39, 0.29) is 23.4 Å². The van der Waals surface area contributed by atoms with E-state index in [0.717, 1.165) is 16.9 Å². The minimum atomic E-state index is -0.206. The van der Waals surface area contributed by atoms with E-state index >= 15 is 0 Å². The Morgan fingerprint density at radius 1 is 1.10 bits per heavy atom. The lowest BCUT2D eigenvalue weighted by atomic mass is 9.98. The predicted octanol–water partition coefficient (Wildman–Crippen LogP) is 2.95. The fourth-order valence-electron chi connectivity index (χ4n) is 3.22. The summed E-state index contributed by atoms with van der Waals surface area (Å²) < 4.78 is 10.7. The van der Waals surface area contributed by atoms with Gasteiger partial charge in [-0.25, -0.2) is 0 Å². The normalized spacial score (nSPS) is 13.6. The molecule has 7 heteroatoms. The smallest absolute Gasteiger partial charge is 0.276 e. The van der Waals surface area contributed by atoms with E-state index in [2.05, 4.69) is 10.5 Å². The molecule has 1 fully saturated rings. The molecule has 154 valence electrons. The zero-order valence-electron chi connectivity index (χ0n) is 16.7. The Labute approximate surface area is 174 Å². The van der Waals surface area contributed by atoms with Crippen LogP contribution >= 0.6 is 0 Å². The summed E-state index contributed by atoms with van der Waals surface area (Å²) in [6.07, 6.45) is 0. The van der Waals surface area contributed by atoms with Gasteiger partial charge in [0.15, 0.2) is 5.69 Å². The highest BCUT2D eigenvalue weighted by Gasteiger charge is 2.36. The van der Waals surface area contributed by atoms with Gasteiger partial charge in [-0.1, -0.05) is 47.6 Å². The molecule has 0 radical (unpaired) electrons. The number of benzene rings is 2. The van der Waals surface area contributed by atoms with Gasteiger partial charge in [-0.05, 0) is 30.2 Å². The number of likely N-dealkylation sites (tertiary alicyclic amines) is 1. The quantitative estimate of drug-likeness (QED) is 0.653. The molecule has 1 aliphatic heterocycles. The molecule has 0 unspecified atom stereocenters. The molecule has 1 aliphatic rings. The van der Waals surface area contributed by atoms with Crippen LogP contribution in [0.15, 0.2) is 65.2 Å². The van der Waals surface area contributed by atoms with Crippen LogP contribution in [0.5, 0.6) is 5.75 Å². The standard InChI is InChI=1S/C23H23N3O4/c1-16-11-21(25-30-16)23(28)26-13-19(14-26)22(27)24-12-17-7-9-20(10-8-17)29-15-18-5-3-2-4-6-18/h2-11,19H,12-15H2,1H3,(H,24,27). The van der Waals surface area contributed by atoms with Crippen molar-refractivity contribution in [3.63, 3.8) is 0 Å². The average Bonchev–Trinajstić information content (AvgIpc) is 3.17. The largest absolute Gasteiger partial charge is 0.489 e. The Balaban J connectivity index is 1.19. The maximum absolute atomic E-state index is 12.3. The second-order valence-corrected chi connectivity index (χ2v) is 7.37. The molecule has 2 heterocycles. The molecule has 2 aromatic carbocycles. The van der Waals surface area contributed by atoms with Crippen molar-refractivity contribution >= 4 is 11.8 Å². The summed E-state index contributed by atoms with van der Waals surface area (Å²) in [6.45, 7) is 3.47. The van der Waals surface area contributed by atoms with Crippen LogP contribution in [0.2, 0.25) is 0 Å². The van der Waals surface area contributed by atoms with E-state index in [1.807, 2.05) is 54.6 Å². The van der Waals surface area contributed by atoms with Gasteiger partial charge in [0.05, 0.1) is 5.92 Å². The van der Waals surface area contributed by atoms with Crippen molar-refractivity contribution < 1.29 is 18.8 Å². The molecule has 1 aromatic heterocycles. The molecule has 30 heavy (non-hydrogen) atoms. The molecule has 0 atom stereocenters. The Kier molecular flexibility index (Phi) is 5.79. The highest BCUT2D eigenvalue weighted by Crippen LogP contribution is 2.19. The van der Waals surface area contributed by atoms with Gasteiger partial charge in [-0.15, -0.1) is 0 Å². The summed E-state index contributed by atoms with van der Waals surface area (Å²) in [6, 6.07) is 19.2. The average molecular weight is 405 g/mol. The first-order valence-corrected chi connectivity index (χ1v) is 9.84. The Morgan fingerprint density at radius 2 is 1.83 bits per heavy atom. The molecule has 0 bridgehead atoms. The van der Waals surface area contributed by atoms with Crippen LogP contribution in [0.25, 0.3) is 0 Å². The van der Waals surface area contributed by atoms with Crippen LogP contribution in [0.3, 0.4) is 0 Å². The van der Waals surface area contributed by atoms with E-state index in [4.69, 9.17) is 9.26 Å². The van der Waals surface area contributed by atoms with E-state index < -0.39 is 0 Å². The number of carbonyl (C=O) groups is 2. The van der Waals surface area contributed by atoms with Crippen molar-refractivity contribution in [1.29, 1.82) is 0 Å². The molecule has 3 aromatic rings. The Bertz CT molecular complexity index is 1010. The maximum atomic E-state index is 12.3. The molecule has 0 saturated carbocycles. The van der Waals surface area contributed by atoms with E-state index in [1.54, 1.807) is 17.9 Å². The summed E-state index contributed by atoms with van der Waals surface area (Å²) in [5.74, 6) is 0.909. The number of rotatable bonds is 7. The number of nitrogens with zero attached hydrogens (tertiary/aromatic N) is 2. The van der Waals surface area contributed by atoms with E-state index in [9.17, 15) is 9.59 Å². The third-order valence-corrected chi connectivity index (χ3v) is 5.03. The number of carbonyl (C=O) groups excluding carboxylic acids is 2. The summed E-state index contributed by atoms with van der Waals surface area (Å²) in [4.78, 5) is 26.1. The number of ether oxygens (including phenoxy) is 1. The van der Waals surface area contributed by atoms with Crippen LogP contribution in [0.1, 0.15) is 27.4 Å². The molecule has 0 spiro atoms. The minimum Gasteiger partial charge on any atom is -0.489 e. The number of amides is 2. The molecular formula is C23H23N3O4. The SMILES string of the molecule is Cc1cc(C(=O)N2CC(C(=O)NCc3ccc(OCc4ccccc4)cc3)C2)no1. The molecule has 7 nitrogen and oxygen atoms in total. The minimum absolute atomic E-state index is 0.0558. The van der Waals surface area contributed by atoms with Gasteiger partial charge in [0, 0.05) is 25.7 Å². The number of hydrogen-bond acceptors (Lipinski definition) is 5. The van der Waals surface area contributed by atoms with Gasteiger partial charge >= 0.3 is 0 Å². The molecule has 1 N–H and O–H groups in total. The molecular weight excluding hydrogens is 382 g/mol. The molecule has 4 rings (SSSR count). The topological polar surface area (TPSA) is 84.7 Å². The lowest BCUT2D eigenvalue weighted by Gasteiger charge is -2.37. The first-order valence-electron chi connectivity index (χ1n) is 9.84. The monoisotopic (exact) mass is 405 g/mol. The Hall–Kier alpha value is -3.61. The van der Waals surface area contributed by atoms with Gasteiger partial charge in [0.1, 0.15) is 18.1 Å². The zero-order chi connectivity index (χ0) is 20.9. The lowest BCUT2D eigenvalue weighted by molar-refractivity contribution is -0.129. The highest BCUT2D eigenvalue weighted by molar-refractivity contribution is 5.94. The lowest BCUT2D eigenvalue weighted by Crippen LogP contribution is -2.55. The van der Waals surface area contributed by atoms with Gasteiger partial charge in [0.25, 0.3) is 5.91 Å². The van der Waals surface area contributed by atoms with Crippen LogP contribution in [0, 0.1) is 12.8 Å². The van der Waals surface area contributed by atoms with Crippen LogP contribution in [-0.2, 0) is 17.9 Å². The maximum Gasteiger partial charge on any atom is 0.276 e. The van der Waals surface area contributed by atoms with E-state index in [0.29, 0.717) is 32.0 Å². The number of aromatic nitrogens is 1. The van der Waals surface area contributed by atoms with Crippen LogP contribution in [-0.4, -0.2) is 35.0 Å². The number of aryl methyl sites for hydroxylation is 1. The van der Waals surface area contributed by atoms with E-state index in [1.165, 1.54) is 0 Å². The second-order valence-electron chi connectivity index (χ2n) is 7.37. The van der Waals surface area contributed by atoms with Gasteiger partial charge in [-0.3, -0.25) is 9.59 Å². The van der Waals surface area contributed by atoms with Crippen molar-refractivity contribution in [2.75, 3.05) is 13.1 Å². The number of nitrogens with one attached hydrogen (secondary N) is 1. The van der Waals surface area contributed by atoms with Crippen molar-refractivity contribution in [1.82, 2.24) is 15.4 Å². The summed E-state index contributed by atoms with van der Waals surface area (Å²) >= 11 is 0. The first kappa shape index (κ1) is 19.7. The fourth-order valence-corrected chi connectivity index (χ4v) is 3.22. The van der Waals surface area contributed by atoms with Crippen molar-refractivity contribution in [3.05, 3.63) is 83.2 Å². The van der Waals surface area contributed by atoms with Crippen molar-refractivity contribution in [2.24, 2.45) is 5.92 Å². The van der Waals surface area contributed by atoms with Crippen LogP contribution in [0.4, 0.5) is 0 Å². The molecule has 2 amide bonds. The molecule has 0 aliphatic carbocycles. The number of hydrogen-bond donors (Lipinski definition) is 1. The van der Waals surface area contributed by atoms with Gasteiger partial charge in [-0.2, -0.15) is 0 Å². The zero-order valence-corrected chi connectivity index (χ0v) is 16.7. The summed E-state index contributed by atoms with van der Waals surface area (Å²) in [5, 5.41) is 6.65. The third-order valence-electron chi connectivity index (χ3n) is 5.03. The predicted molar refractivity (Wildman–Crippen MR) is 110 cm³/mol. The van der Waals surface area contributed by atoms with Crippen molar-refractivity contribution in [2.45, 2.75) is 20.1 Å². The summed E-state index contributed by atoms with van der Waals surface area (Å²) in [5.41, 5.74) is 2.38. The molecule has 1 saturated heterocycles. The second kappa shape index (κ2) is 8.82. The highest BCUT2D eigenvalue weighted by atomic mass is 16.5. The van der Waals surface area contributed by atoms with Gasteiger partial charge < -0.3 is 19.5 Å². The summed E-state index contributed by atoms with van der Waals surface area (Å²) in [7, 11) is 0. The first-order chi connectivity index (χ1) is 14.6. The fraction of sp³-hybridized carbons (Fsp3) is 0.261.